The fourth-order valence-corrected chi connectivity index (χ4v) is 0.540. The molecule has 0 rings (SSSR count). The third-order valence-electron chi connectivity index (χ3n) is 1.08. The molecule has 0 heterocycles. The Morgan fingerprint density at radius 2 is 0.810 bits per heavy atom. The summed E-state index contributed by atoms with van der Waals surface area (Å²) in [4.78, 5) is 0. The number of nitrogens with zero attached hydrogens (tertiary/aromatic N) is 4. The van der Waals surface area contributed by atoms with Crippen molar-refractivity contribution in [2.75, 3.05) is 52.4 Å². The van der Waals surface area contributed by atoms with Crippen molar-refractivity contribution >= 4 is 25.3 Å². The van der Waals surface area contributed by atoms with Crippen LogP contribution in [0.25, 0.3) is 33.6 Å². The fraction of sp³-hybridized carbons (Fsp3) is 0.800. The minimum atomic E-state index is 0. The average molecular weight is 375 g/mol. The third-order valence-corrected chi connectivity index (χ3v) is 1.08. The van der Waals surface area contributed by atoms with Gasteiger partial charge in [-0.1, -0.05) is 10.8 Å². The number of thiocyanates is 2. The van der Waals surface area contributed by atoms with Gasteiger partial charge < -0.3 is 58.8 Å². The van der Waals surface area contributed by atoms with Crippen LogP contribution in [0.2, 0.25) is 0 Å². The van der Waals surface area contributed by atoms with Gasteiger partial charge in [-0.2, -0.15) is 52.4 Å². The number of rotatable bonds is 8. The molecule has 0 unspecified atom stereocenters. The average Bonchev–Trinajstić information content (AvgIpc) is 2.43. The summed E-state index contributed by atoms with van der Waals surface area (Å²) in [6.45, 7) is 3.83. The molecule has 0 aliphatic rings. The van der Waals surface area contributed by atoms with Crippen molar-refractivity contribution in [2.24, 2.45) is 0 Å². The molecule has 4 N–H and O–H groups in total. The zero-order valence-electron chi connectivity index (χ0n) is 11.6. The molecule has 0 aliphatic heterocycles. The Hall–Kier alpha value is -0.326. The van der Waals surface area contributed by atoms with Gasteiger partial charge in [-0.05, 0) is 0 Å². The maximum Gasteiger partial charge on any atom is 2.00 e. The van der Waals surface area contributed by atoms with Gasteiger partial charge in [0.1, 0.15) is 0 Å². The standard InChI is InChI=1S/2C4H10N3.2CHNS.Ni/c2*5-1-3-7-4-2-6;2*2-1-3;/h2*5-6H,1-4H2;2*3H;/q2*-3;;;+2/p-2. The molecule has 0 saturated heterocycles. The normalized spacial score (nSPS) is 6.95. The number of hydrogen-bond donors (Lipinski definition) is 0. The smallest absolute Gasteiger partial charge is 0.696 e. The maximum absolute atomic E-state index is 7.13. The van der Waals surface area contributed by atoms with Crippen LogP contribution in [0.15, 0.2) is 0 Å². The van der Waals surface area contributed by atoms with Crippen LogP contribution in [0, 0.1) is 21.3 Å². The summed E-state index contributed by atoms with van der Waals surface area (Å²) < 4.78 is 0. The first-order valence-electron chi connectivity index (χ1n) is 5.53. The molecule has 0 amide bonds. The summed E-state index contributed by atoms with van der Waals surface area (Å²) in [6.07, 6.45) is 0. The summed E-state index contributed by atoms with van der Waals surface area (Å²) in [5.41, 5.74) is 26.5. The van der Waals surface area contributed by atoms with Crippen LogP contribution in [0.1, 0.15) is 0 Å². The number of nitriles is 2. The molecule has 0 radical (unpaired) electrons. The number of hydrogen-bond acceptors (Lipinski definition) is 4. The molecule has 21 heavy (non-hydrogen) atoms. The van der Waals surface area contributed by atoms with Crippen LogP contribution < -0.4 is 0 Å². The second kappa shape index (κ2) is 50.3. The van der Waals surface area contributed by atoms with Gasteiger partial charge in [0.05, 0.1) is 0 Å². The van der Waals surface area contributed by atoms with Crippen molar-refractivity contribution in [1.29, 1.82) is 10.5 Å². The third kappa shape index (κ3) is 104. The van der Waals surface area contributed by atoms with E-state index in [1.807, 2.05) is 0 Å². The van der Waals surface area contributed by atoms with Gasteiger partial charge >= 0.3 is 16.5 Å². The summed E-state index contributed by atoms with van der Waals surface area (Å²) in [7, 11) is 0. The van der Waals surface area contributed by atoms with Crippen molar-refractivity contribution in [3.8, 4) is 10.8 Å². The Balaban J connectivity index is -0.0000000576. The zero-order chi connectivity index (χ0) is 16.5. The van der Waals surface area contributed by atoms with Crippen LogP contribution in [0.4, 0.5) is 0 Å². The topological polar surface area (TPSA) is 171 Å². The molecule has 11 heteroatoms. The van der Waals surface area contributed by atoms with Crippen molar-refractivity contribution in [3.05, 3.63) is 33.6 Å². The van der Waals surface area contributed by atoms with Gasteiger partial charge in [-0.3, -0.25) is 0 Å². The molecule has 0 saturated carbocycles. The van der Waals surface area contributed by atoms with Crippen molar-refractivity contribution in [3.63, 3.8) is 0 Å². The van der Waals surface area contributed by atoms with E-state index in [2.05, 4.69) is 35.9 Å². The van der Waals surface area contributed by atoms with E-state index in [0.717, 1.165) is 0 Å². The van der Waals surface area contributed by atoms with E-state index in [4.69, 9.17) is 33.5 Å². The second-order valence-electron chi connectivity index (χ2n) is 2.52. The van der Waals surface area contributed by atoms with Crippen molar-refractivity contribution in [1.82, 2.24) is 0 Å². The van der Waals surface area contributed by atoms with Gasteiger partial charge in [-0.15, -0.1) is 0 Å². The van der Waals surface area contributed by atoms with Crippen LogP contribution >= 0.6 is 0 Å². The van der Waals surface area contributed by atoms with E-state index in [9.17, 15) is 0 Å². The van der Waals surface area contributed by atoms with E-state index >= 15 is 0 Å². The molecule has 8 nitrogen and oxygen atoms in total. The largest absolute Gasteiger partial charge is 2.00 e. The summed E-state index contributed by atoms with van der Waals surface area (Å²) in [6, 6.07) is 0. The quantitative estimate of drug-likeness (QED) is 0.275. The molecule has 0 spiro atoms. The van der Waals surface area contributed by atoms with Gasteiger partial charge in [0.15, 0.2) is 0 Å². The fourth-order valence-electron chi connectivity index (χ4n) is 0.540. The van der Waals surface area contributed by atoms with Crippen LogP contribution in [-0.4, -0.2) is 52.4 Å². The molecular weight excluding hydrogens is 355 g/mol. The summed E-state index contributed by atoms with van der Waals surface area (Å²) in [5.74, 6) is 0. The van der Waals surface area contributed by atoms with Crippen LogP contribution in [-0.2, 0) is 41.7 Å². The van der Waals surface area contributed by atoms with E-state index in [1.54, 1.807) is 0 Å². The molecule has 0 fully saturated rings. The van der Waals surface area contributed by atoms with Gasteiger partial charge in [0.25, 0.3) is 0 Å². The zero-order valence-corrected chi connectivity index (χ0v) is 14.2. The Morgan fingerprint density at radius 3 is 0.905 bits per heavy atom. The van der Waals surface area contributed by atoms with Gasteiger partial charge in [0.2, 0.25) is 0 Å². The monoisotopic (exact) mass is 374 g/mol. The molecule has 0 aromatic rings. The predicted molar refractivity (Wildman–Crippen MR) is 88.9 cm³/mol. The van der Waals surface area contributed by atoms with Gasteiger partial charge in [-0.25, -0.2) is 10.5 Å². The second-order valence-corrected chi connectivity index (χ2v) is 2.89. The Bertz CT molecular complexity index is 180. The minimum Gasteiger partial charge on any atom is -0.696 e. The SMILES string of the molecule is N#C[S-].N#C[S-].[NH-]CC[N-]CC[NH-].[NH-]CC[N-]CC[NH-].[Ni+2]. The Morgan fingerprint density at radius 1 is 0.667 bits per heavy atom. The first-order chi connectivity index (χ1) is 9.66. The van der Waals surface area contributed by atoms with Crippen LogP contribution in [0.5, 0.6) is 0 Å². The molecule has 128 valence electrons. The van der Waals surface area contributed by atoms with Gasteiger partial charge in [0, 0.05) is 0 Å². The molecule has 0 atom stereocenters. The molecule has 0 aromatic heterocycles. The van der Waals surface area contributed by atoms with E-state index < -0.39 is 0 Å². The molecular formula is C10H20N8NiS2-6. The Kier molecular flexibility index (Phi) is 78.1. The summed E-state index contributed by atoms with van der Waals surface area (Å²) >= 11 is 7.40. The molecule has 0 bridgehead atoms. The first kappa shape index (κ1) is 32.6. The summed E-state index contributed by atoms with van der Waals surface area (Å²) in [5, 5.41) is 24.6. The maximum atomic E-state index is 7.13. The molecule has 0 aliphatic carbocycles. The predicted octanol–water partition coefficient (Wildman–Crippen LogP) is 2.96. The first-order valence-corrected chi connectivity index (χ1v) is 6.35. The Labute approximate surface area is 149 Å². The van der Waals surface area contributed by atoms with E-state index in [1.165, 1.54) is 10.8 Å². The van der Waals surface area contributed by atoms with E-state index in [0.29, 0.717) is 52.4 Å². The molecule has 0 aromatic carbocycles. The minimum absolute atomic E-state index is 0. The number of nitrogens with one attached hydrogen (secondary N) is 4. The van der Waals surface area contributed by atoms with Crippen molar-refractivity contribution < 1.29 is 16.5 Å². The van der Waals surface area contributed by atoms with Crippen LogP contribution in [0.3, 0.4) is 0 Å². The van der Waals surface area contributed by atoms with E-state index in [-0.39, 0.29) is 16.5 Å². The van der Waals surface area contributed by atoms with Crippen molar-refractivity contribution in [2.45, 2.75) is 0 Å².